The molecule has 0 aliphatic rings. The van der Waals surface area contributed by atoms with Crippen molar-refractivity contribution in [3.8, 4) is 0 Å². The summed E-state index contributed by atoms with van der Waals surface area (Å²) < 4.78 is 42.4. The molecule has 1 aromatic heterocycles. The number of aromatic nitrogens is 2. The molecular weight excluding hydrogens is 363 g/mol. The molecule has 3 N–H and O–H groups in total. The number of nitrogens with one attached hydrogen (secondary N) is 1. The monoisotopic (exact) mass is 376 g/mol. The molecular formula is C12H14BrFN4O2S. The lowest BCUT2D eigenvalue weighted by atomic mass is 10.3. The largest absolute Gasteiger partial charge is 0.381 e. The fourth-order valence-electron chi connectivity index (χ4n) is 1.74. The fourth-order valence-corrected chi connectivity index (χ4v) is 3.24. The number of nitrogens with two attached hydrogens (primary N) is 1. The van der Waals surface area contributed by atoms with Gasteiger partial charge in [-0.05, 0) is 24.6 Å². The molecule has 0 saturated carbocycles. The highest BCUT2D eigenvalue weighted by molar-refractivity contribution is 9.10. The van der Waals surface area contributed by atoms with E-state index in [4.69, 9.17) is 5.73 Å². The van der Waals surface area contributed by atoms with E-state index in [1.807, 2.05) is 6.92 Å². The van der Waals surface area contributed by atoms with Gasteiger partial charge in [0, 0.05) is 17.2 Å². The Kier molecular flexibility index (Phi) is 4.52. The molecule has 0 radical (unpaired) electrons. The maximum Gasteiger partial charge on any atom is 0.267 e. The summed E-state index contributed by atoms with van der Waals surface area (Å²) in [5, 5.41) is 3.92. The Labute approximate surface area is 130 Å². The third-order valence-electron chi connectivity index (χ3n) is 2.67. The molecule has 114 valence electrons. The van der Waals surface area contributed by atoms with Gasteiger partial charge < -0.3 is 5.73 Å². The second-order valence-electron chi connectivity index (χ2n) is 4.37. The quantitative estimate of drug-likeness (QED) is 0.838. The maximum absolute atomic E-state index is 13.6. The van der Waals surface area contributed by atoms with Gasteiger partial charge in [-0.3, -0.25) is 9.40 Å². The van der Waals surface area contributed by atoms with Crippen molar-refractivity contribution in [1.29, 1.82) is 0 Å². The zero-order valence-electron chi connectivity index (χ0n) is 11.2. The number of rotatable bonds is 5. The Balaban J connectivity index is 2.36. The van der Waals surface area contributed by atoms with Gasteiger partial charge in [-0.2, -0.15) is 5.10 Å². The Morgan fingerprint density at radius 2 is 2.19 bits per heavy atom. The van der Waals surface area contributed by atoms with Gasteiger partial charge in [0.15, 0.2) is 5.82 Å². The zero-order valence-corrected chi connectivity index (χ0v) is 13.6. The number of nitrogens with zero attached hydrogens (tertiary/aromatic N) is 2. The maximum atomic E-state index is 13.6. The van der Waals surface area contributed by atoms with Crippen LogP contribution in [0, 0.1) is 5.82 Å². The highest BCUT2D eigenvalue weighted by atomic mass is 79.9. The first-order chi connectivity index (χ1) is 9.83. The van der Waals surface area contributed by atoms with E-state index in [0.717, 1.165) is 12.5 Å². The molecule has 1 aromatic carbocycles. The molecule has 0 atom stereocenters. The average Bonchev–Trinajstić information content (AvgIpc) is 2.76. The van der Waals surface area contributed by atoms with Gasteiger partial charge in [0.25, 0.3) is 10.0 Å². The summed E-state index contributed by atoms with van der Waals surface area (Å²) in [5.41, 5.74) is 5.47. The zero-order chi connectivity index (χ0) is 15.6. The number of hydrogen-bond acceptors (Lipinski definition) is 4. The lowest BCUT2D eigenvalue weighted by Gasteiger charge is -2.08. The van der Waals surface area contributed by atoms with Crippen LogP contribution in [0.2, 0.25) is 0 Å². The van der Waals surface area contributed by atoms with E-state index in [0.29, 0.717) is 11.0 Å². The Bertz CT molecular complexity index is 761. The number of benzene rings is 1. The van der Waals surface area contributed by atoms with Gasteiger partial charge in [0.2, 0.25) is 0 Å². The second-order valence-corrected chi connectivity index (χ2v) is 6.94. The number of sulfonamides is 1. The van der Waals surface area contributed by atoms with Gasteiger partial charge in [-0.15, -0.1) is 0 Å². The second kappa shape index (κ2) is 6.02. The van der Waals surface area contributed by atoms with Crippen molar-refractivity contribution in [2.24, 2.45) is 0 Å². The van der Waals surface area contributed by atoms with Gasteiger partial charge >= 0.3 is 0 Å². The first kappa shape index (κ1) is 15.8. The van der Waals surface area contributed by atoms with Crippen molar-refractivity contribution in [2.45, 2.75) is 24.8 Å². The average molecular weight is 377 g/mol. The van der Waals surface area contributed by atoms with Crippen LogP contribution >= 0.6 is 15.9 Å². The van der Waals surface area contributed by atoms with E-state index in [1.165, 1.54) is 23.0 Å². The minimum atomic E-state index is -4.00. The van der Waals surface area contributed by atoms with Crippen molar-refractivity contribution in [3.63, 3.8) is 0 Å². The fraction of sp³-hybridized carbons (Fsp3) is 0.250. The predicted octanol–water partition coefficient (Wildman–Crippen LogP) is 2.58. The molecule has 0 aliphatic carbocycles. The lowest BCUT2D eigenvalue weighted by molar-refractivity contribution is 0.593. The van der Waals surface area contributed by atoms with Gasteiger partial charge in [0.1, 0.15) is 10.7 Å². The van der Waals surface area contributed by atoms with Crippen LogP contribution in [0.3, 0.4) is 0 Å². The lowest BCUT2D eigenvalue weighted by Crippen LogP contribution is -2.15. The van der Waals surface area contributed by atoms with Crippen molar-refractivity contribution in [2.75, 3.05) is 10.5 Å². The van der Waals surface area contributed by atoms with E-state index >= 15 is 0 Å². The molecule has 9 heteroatoms. The van der Waals surface area contributed by atoms with Gasteiger partial charge in [0.05, 0.1) is 5.69 Å². The van der Waals surface area contributed by atoms with Crippen LogP contribution in [0.15, 0.2) is 33.8 Å². The summed E-state index contributed by atoms with van der Waals surface area (Å²) in [5.74, 6) is -0.798. The summed E-state index contributed by atoms with van der Waals surface area (Å²) in [6.45, 7) is 2.48. The van der Waals surface area contributed by atoms with E-state index in [1.54, 1.807) is 0 Å². The number of nitrogen functional groups attached to an aromatic ring is 1. The number of aryl methyl sites for hydroxylation is 1. The summed E-state index contributed by atoms with van der Waals surface area (Å²) in [6.07, 6.45) is 2.12. The normalized spacial score (nSPS) is 11.6. The topological polar surface area (TPSA) is 90.0 Å². The number of halogens is 2. The molecule has 2 rings (SSSR count). The summed E-state index contributed by atoms with van der Waals surface area (Å²) in [6, 6.07) is 3.96. The predicted molar refractivity (Wildman–Crippen MR) is 81.8 cm³/mol. The van der Waals surface area contributed by atoms with E-state index < -0.39 is 15.8 Å². The first-order valence-corrected chi connectivity index (χ1v) is 8.42. The Hall–Kier alpha value is -1.61. The standard InChI is InChI=1S/C12H14BrFN4O2S/c1-2-5-18-7-11(12(15)16-18)21(19,20)17-10-6-8(13)3-4-9(10)14/h3-4,6-7,17H,2,5H2,1H3,(H2,15,16). The van der Waals surface area contributed by atoms with Crippen molar-refractivity contribution < 1.29 is 12.8 Å². The molecule has 0 amide bonds. The van der Waals surface area contributed by atoms with Crippen LogP contribution in [0.4, 0.5) is 15.9 Å². The van der Waals surface area contributed by atoms with Crippen molar-refractivity contribution in [1.82, 2.24) is 9.78 Å². The Morgan fingerprint density at radius 3 is 2.86 bits per heavy atom. The third kappa shape index (κ3) is 3.53. The van der Waals surface area contributed by atoms with E-state index in [9.17, 15) is 12.8 Å². The highest BCUT2D eigenvalue weighted by Crippen LogP contribution is 2.25. The van der Waals surface area contributed by atoms with Crippen LogP contribution < -0.4 is 10.5 Å². The minimum Gasteiger partial charge on any atom is -0.381 e. The summed E-state index contributed by atoms with van der Waals surface area (Å²) in [4.78, 5) is -0.171. The molecule has 0 aliphatic heterocycles. The summed E-state index contributed by atoms with van der Waals surface area (Å²) >= 11 is 3.16. The molecule has 0 spiro atoms. The highest BCUT2D eigenvalue weighted by Gasteiger charge is 2.22. The number of hydrogen-bond donors (Lipinski definition) is 2. The molecule has 2 aromatic rings. The SMILES string of the molecule is CCCn1cc(S(=O)(=O)Nc2cc(Br)ccc2F)c(N)n1. The van der Waals surface area contributed by atoms with Crippen LogP contribution in [0.25, 0.3) is 0 Å². The molecule has 0 unspecified atom stereocenters. The van der Waals surface area contributed by atoms with Crippen LogP contribution in [0.5, 0.6) is 0 Å². The molecule has 0 bridgehead atoms. The van der Waals surface area contributed by atoms with Crippen molar-refractivity contribution >= 4 is 37.5 Å². The van der Waals surface area contributed by atoms with Crippen LogP contribution in [-0.2, 0) is 16.6 Å². The molecule has 6 nitrogen and oxygen atoms in total. The number of anilines is 2. The van der Waals surface area contributed by atoms with E-state index in [2.05, 4.69) is 25.8 Å². The molecule has 1 heterocycles. The van der Waals surface area contributed by atoms with Crippen LogP contribution in [0.1, 0.15) is 13.3 Å². The van der Waals surface area contributed by atoms with Crippen molar-refractivity contribution in [3.05, 3.63) is 34.7 Å². The van der Waals surface area contributed by atoms with Gasteiger partial charge in [-0.1, -0.05) is 22.9 Å². The summed E-state index contributed by atoms with van der Waals surface area (Å²) in [7, 11) is -4.00. The molecule has 21 heavy (non-hydrogen) atoms. The van der Waals surface area contributed by atoms with Crippen LogP contribution in [-0.4, -0.2) is 18.2 Å². The molecule has 0 fully saturated rings. The van der Waals surface area contributed by atoms with E-state index in [-0.39, 0.29) is 16.4 Å². The molecule has 0 saturated heterocycles. The smallest absolute Gasteiger partial charge is 0.267 e. The minimum absolute atomic E-state index is 0.119. The Morgan fingerprint density at radius 1 is 1.48 bits per heavy atom. The van der Waals surface area contributed by atoms with Gasteiger partial charge in [-0.25, -0.2) is 12.8 Å². The first-order valence-electron chi connectivity index (χ1n) is 6.14. The third-order valence-corrected chi connectivity index (χ3v) is 4.55.